The SMILES string of the molecule is C=CC(=O)CC.CCOC(=O)C(CCC(=O)CC)C(=O)OCC.CCOC(=O)CC(=O)OCC.O=CO[O-].[H-].[K+].[K+]. The molecule has 0 atom stereocenters. The summed E-state index contributed by atoms with van der Waals surface area (Å²) in [7, 11) is 0. The number of ether oxygens (including phenoxy) is 4. The summed E-state index contributed by atoms with van der Waals surface area (Å²) < 4.78 is 18.6. The average Bonchev–Trinajstić information content (AvgIpc) is 2.89. The molecule has 0 amide bonds. The van der Waals surface area contributed by atoms with Gasteiger partial charge in [0.1, 0.15) is 12.2 Å². The Kier molecular flexibility index (Phi) is 53.4. The van der Waals surface area contributed by atoms with Crippen molar-refractivity contribution < 1.29 is 167 Å². The predicted octanol–water partition coefficient (Wildman–Crippen LogP) is -4.30. The van der Waals surface area contributed by atoms with Crippen molar-refractivity contribution in [3.8, 4) is 0 Å². The monoisotopic (exact) mass is 628 g/mol. The van der Waals surface area contributed by atoms with E-state index < -0.39 is 29.8 Å². The second kappa shape index (κ2) is 40.8. The first-order chi connectivity index (χ1) is 18.0. The number of rotatable bonds is 15. The molecule has 0 N–H and O–H groups in total. The molecule has 0 aliphatic heterocycles. The van der Waals surface area contributed by atoms with Gasteiger partial charge in [-0.15, -0.1) is 0 Å². The van der Waals surface area contributed by atoms with E-state index in [-0.39, 0.29) is 168 Å². The summed E-state index contributed by atoms with van der Waals surface area (Å²) in [5.41, 5.74) is 0. The first-order valence-electron chi connectivity index (χ1n) is 12.0. The Hall–Kier alpha value is -0.337. The van der Waals surface area contributed by atoms with Crippen LogP contribution in [-0.2, 0) is 57.4 Å². The molecule has 0 aromatic rings. The third-order valence-electron chi connectivity index (χ3n) is 3.76. The van der Waals surface area contributed by atoms with Crippen LogP contribution in [0.25, 0.3) is 0 Å². The van der Waals surface area contributed by atoms with Crippen LogP contribution in [0.3, 0.4) is 0 Å². The molecule has 0 aliphatic carbocycles. The second-order valence-electron chi connectivity index (χ2n) is 6.49. The quantitative estimate of drug-likeness (QED) is 0.0248. The maximum absolute atomic E-state index is 11.5. The van der Waals surface area contributed by atoms with E-state index >= 15 is 0 Å². The van der Waals surface area contributed by atoms with Gasteiger partial charge in [-0.1, -0.05) is 20.4 Å². The van der Waals surface area contributed by atoms with Gasteiger partial charge in [-0.05, 0) is 40.2 Å². The third-order valence-corrected chi connectivity index (χ3v) is 3.76. The van der Waals surface area contributed by atoms with Crippen molar-refractivity contribution in [2.24, 2.45) is 5.92 Å². The molecule has 0 aromatic heterocycles. The Bertz CT molecular complexity index is 686. The van der Waals surface area contributed by atoms with Crippen molar-refractivity contribution in [3.63, 3.8) is 0 Å². The van der Waals surface area contributed by atoms with E-state index in [0.29, 0.717) is 12.8 Å². The first kappa shape index (κ1) is 52.3. The Balaban J connectivity index is -0.0000000832. The minimum atomic E-state index is -0.981. The van der Waals surface area contributed by atoms with Gasteiger partial charge >= 0.3 is 127 Å². The van der Waals surface area contributed by atoms with E-state index in [1.165, 1.54) is 6.08 Å². The molecule has 0 fully saturated rings. The molecular formula is C25H42K2O13. The summed E-state index contributed by atoms with van der Waals surface area (Å²) in [4.78, 5) is 76.7. The molecule has 0 saturated heterocycles. The van der Waals surface area contributed by atoms with Crippen LogP contribution in [-0.4, -0.2) is 68.3 Å². The van der Waals surface area contributed by atoms with E-state index in [4.69, 9.17) is 19.5 Å². The first-order valence-corrected chi connectivity index (χ1v) is 12.0. The summed E-state index contributed by atoms with van der Waals surface area (Å²) in [6.07, 6.45) is 2.37. The molecule has 0 heterocycles. The van der Waals surface area contributed by atoms with Crippen LogP contribution in [0.2, 0.25) is 0 Å². The van der Waals surface area contributed by atoms with Crippen molar-refractivity contribution >= 4 is 41.9 Å². The Morgan fingerprint density at radius 1 is 0.750 bits per heavy atom. The number of allylic oxidation sites excluding steroid dienone is 1. The Morgan fingerprint density at radius 2 is 1.12 bits per heavy atom. The minimum Gasteiger partial charge on any atom is -1.00 e. The average molecular weight is 629 g/mol. The normalized spacial score (nSPS) is 8.40. The molecule has 0 spiro atoms. The van der Waals surface area contributed by atoms with Gasteiger partial charge in [-0.3, -0.25) is 33.6 Å². The smallest absolute Gasteiger partial charge is 1.00 e. The van der Waals surface area contributed by atoms with Gasteiger partial charge in [0.2, 0.25) is 0 Å². The van der Waals surface area contributed by atoms with Gasteiger partial charge in [0, 0.05) is 19.3 Å². The van der Waals surface area contributed by atoms with Crippen LogP contribution in [0.5, 0.6) is 0 Å². The molecular weight excluding hydrogens is 586 g/mol. The second-order valence-corrected chi connectivity index (χ2v) is 6.49. The van der Waals surface area contributed by atoms with Crippen LogP contribution < -0.4 is 108 Å². The fourth-order valence-electron chi connectivity index (χ4n) is 1.99. The van der Waals surface area contributed by atoms with E-state index in [1.54, 1.807) is 34.6 Å². The molecule has 13 nitrogen and oxygen atoms in total. The molecule has 222 valence electrons. The summed E-state index contributed by atoms with van der Waals surface area (Å²) in [5, 5.41) is 8.43. The molecule has 0 aliphatic rings. The van der Waals surface area contributed by atoms with Crippen molar-refractivity contribution in [1.29, 1.82) is 0 Å². The summed E-state index contributed by atoms with van der Waals surface area (Å²) in [6.45, 7) is 14.3. The van der Waals surface area contributed by atoms with Gasteiger partial charge in [0.05, 0.1) is 26.4 Å². The summed E-state index contributed by atoms with van der Waals surface area (Å²) in [5.74, 6) is -3.16. The topological polar surface area (TPSA) is 189 Å². The van der Waals surface area contributed by atoms with Crippen LogP contribution >= 0.6 is 0 Å². The van der Waals surface area contributed by atoms with Crippen molar-refractivity contribution in [3.05, 3.63) is 12.7 Å². The molecule has 0 radical (unpaired) electrons. The van der Waals surface area contributed by atoms with Gasteiger partial charge in [0.15, 0.2) is 11.7 Å². The molecule has 15 heteroatoms. The third kappa shape index (κ3) is 39.8. The summed E-state index contributed by atoms with van der Waals surface area (Å²) in [6, 6.07) is 0. The predicted molar refractivity (Wildman–Crippen MR) is 133 cm³/mol. The fraction of sp³-hybridized carbons (Fsp3) is 0.640. The van der Waals surface area contributed by atoms with Crippen LogP contribution in [0.15, 0.2) is 12.7 Å². The summed E-state index contributed by atoms with van der Waals surface area (Å²) >= 11 is 0. The standard InChI is InChI=1S/C12H20O5.C7H12O4.C5H8O.CH2O3.2K.H/c1-4-9(13)7-8-10(11(14)16-5-2)12(15)17-6-3;1-3-10-6(8)5-7(9)11-4-2;1-3-5(6)4-2;2-1-4-3;;;/h10H,4-8H2,1-3H3;3-5H2,1-2H3;3H,1,4H2,2H3;1,3H;;;/q;;;;2*+1;-1/p-1. The molecule has 40 heavy (non-hydrogen) atoms. The molecule has 0 aromatic carbocycles. The van der Waals surface area contributed by atoms with Gasteiger partial charge in [-0.25, -0.2) is 0 Å². The number of Topliss-reactive ketones (excluding diaryl/α,β-unsaturated/α-hetero) is 1. The van der Waals surface area contributed by atoms with Crippen molar-refractivity contribution in [2.45, 2.75) is 73.6 Å². The van der Waals surface area contributed by atoms with E-state index in [2.05, 4.69) is 20.9 Å². The van der Waals surface area contributed by atoms with Crippen molar-refractivity contribution in [1.82, 2.24) is 0 Å². The minimum absolute atomic E-state index is 0. The number of esters is 4. The number of carbonyl (C=O) groups is 7. The zero-order chi connectivity index (χ0) is 30.4. The van der Waals surface area contributed by atoms with E-state index in [0.717, 1.165) is 0 Å². The van der Waals surface area contributed by atoms with Gasteiger partial charge < -0.3 is 30.5 Å². The van der Waals surface area contributed by atoms with Gasteiger partial charge in [0.25, 0.3) is 6.47 Å². The largest absolute Gasteiger partial charge is 1.00 e. The Labute approximate surface area is 323 Å². The van der Waals surface area contributed by atoms with Crippen LogP contribution in [0, 0.1) is 5.92 Å². The number of ketones is 2. The molecule has 0 saturated carbocycles. The number of carbonyl (C=O) groups excluding carboxylic acids is 7. The van der Waals surface area contributed by atoms with Crippen molar-refractivity contribution in [2.75, 3.05) is 26.4 Å². The molecule has 0 bridgehead atoms. The zero-order valence-electron chi connectivity index (χ0n) is 26.1. The number of hydrogen-bond acceptors (Lipinski definition) is 13. The maximum atomic E-state index is 11.5. The van der Waals surface area contributed by atoms with Crippen LogP contribution in [0.4, 0.5) is 0 Å². The van der Waals surface area contributed by atoms with Crippen LogP contribution in [0.1, 0.15) is 75.1 Å². The fourth-order valence-corrected chi connectivity index (χ4v) is 1.99. The van der Waals surface area contributed by atoms with E-state index in [9.17, 15) is 28.8 Å². The van der Waals surface area contributed by atoms with E-state index in [1.807, 2.05) is 6.92 Å². The zero-order valence-corrected chi connectivity index (χ0v) is 31.4. The Morgan fingerprint density at radius 3 is 1.35 bits per heavy atom. The van der Waals surface area contributed by atoms with Gasteiger partial charge in [-0.2, -0.15) is 0 Å². The molecule has 0 rings (SSSR count). The number of hydrogen-bond donors (Lipinski definition) is 0. The maximum Gasteiger partial charge on any atom is 1.00 e. The molecule has 0 unspecified atom stereocenters.